The van der Waals surface area contributed by atoms with Crippen LogP contribution >= 0.6 is 0 Å². The fourth-order valence-electron chi connectivity index (χ4n) is 5.40. The Hall–Kier alpha value is -4.20. The van der Waals surface area contributed by atoms with Gasteiger partial charge in [0, 0.05) is 12.5 Å². The molecular formula is C36H40N2O5. The molecule has 0 saturated heterocycles. The number of furan rings is 1. The van der Waals surface area contributed by atoms with Crippen molar-refractivity contribution in [3.8, 4) is 0 Å². The van der Waals surface area contributed by atoms with E-state index in [1.54, 1.807) is 7.11 Å². The molecule has 5 aromatic rings. The van der Waals surface area contributed by atoms with Gasteiger partial charge in [0.05, 0.1) is 35.9 Å². The first-order valence-corrected chi connectivity index (χ1v) is 14.6. The molecule has 7 nitrogen and oxygen atoms in total. The number of hydrogen-bond acceptors (Lipinski definition) is 6. The largest absolute Gasteiger partial charge is 0.458 e. The molecule has 1 amide bonds. The number of benzene rings is 3. The fourth-order valence-corrected chi connectivity index (χ4v) is 5.40. The maximum Gasteiger partial charge on any atom is 0.225 e. The highest BCUT2D eigenvalue weighted by molar-refractivity contribution is 5.83. The average Bonchev–Trinajstić information content (AvgIpc) is 3.55. The molecule has 5 rings (SSSR count). The van der Waals surface area contributed by atoms with Gasteiger partial charge in [-0.15, -0.1) is 0 Å². The van der Waals surface area contributed by atoms with Crippen LogP contribution in [-0.4, -0.2) is 30.4 Å². The average molecular weight is 581 g/mol. The van der Waals surface area contributed by atoms with E-state index in [9.17, 15) is 4.79 Å². The van der Waals surface area contributed by atoms with Crippen molar-refractivity contribution in [2.75, 3.05) is 13.7 Å². The molecule has 2 aromatic heterocycles. The van der Waals surface area contributed by atoms with E-state index in [-0.39, 0.29) is 18.4 Å². The number of rotatable bonds is 11. The third kappa shape index (κ3) is 6.90. The first-order valence-electron chi connectivity index (χ1n) is 14.6. The third-order valence-electron chi connectivity index (χ3n) is 7.90. The summed E-state index contributed by atoms with van der Waals surface area (Å²) in [7, 11) is 1.66. The zero-order chi connectivity index (χ0) is 30.7. The second-order valence-electron chi connectivity index (χ2n) is 11.9. The van der Waals surface area contributed by atoms with Crippen LogP contribution in [0.2, 0.25) is 0 Å². The first-order chi connectivity index (χ1) is 20.5. The summed E-state index contributed by atoms with van der Waals surface area (Å²) in [5.74, 6) is 1.25. The van der Waals surface area contributed by atoms with Crippen LogP contribution in [0.5, 0.6) is 0 Å². The number of carbonyl (C=O) groups excluding carboxylic acids is 1. The predicted octanol–water partition coefficient (Wildman–Crippen LogP) is 7.63. The van der Waals surface area contributed by atoms with E-state index in [1.165, 1.54) is 5.56 Å². The molecule has 43 heavy (non-hydrogen) atoms. The Morgan fingerprint density at radius 3 is 2.42 bits per heavy atom. The van der Waals surface area contributed by atoms with Gasteiger partial charge in [0.25, 0.3) is 0 Å². The van der Waals surface area contributed by atoms with E-state index in [0.29, 0.717) is 23.7 Å². The monoisotopic (exact) mass is 580 g/mol. The Balaban J connectivity index is 1.40. The molecule has 2 unspecified atom stereocenters. The van der Waals surface area contributed by atoms with Crippen molar-refractivity contribution in [2.45, 2.75) is 65.7 Å². The van der Waals surface area contributed by atoms with Gasteiger partial charge < -0.3 is 23.7 Å². The molecule has 7 heteroatoms. The number of carbonyl (C=O) groups is 1. The maximum absolute atomic E-state index is 13.5. The van der Waals surface area contributed by atoms with Crippen LogP contribution in [0.15, 0.2) is 81.7 Å². The van der Waals surface area contributed by atoms with Crippen molar-refractivity contribution in [1.29, 1.82) is 0 Å². The number of fused-ring (bicyclic) bond motifs is 1. The Kier molecular flexibility index (Phi) is 8.85. The number of hydrogen-bond donors (Lipinski definition) is 1. The lowest BCUT2D eigenvalue weighted by molar-refractivity contribution is -0.120. The number of ether oxygens (including phenoxy) is 2. The highest BCUT2D eigenvalue weighted by Crippen LogP contribution is 2.35. The lowest BCUT2D eigenvalue weighted by atomic mass is 9.93. The summed E-state index contributed by atoms with van der Waals surface area (Å²) in [5, 5.41) is 8.31. The number of nitrogens with one attached hydrogen (secondary N) is 1. The Labute approximate surface area is 253 Å². The van der Waals surface area contributed by atoms with Gasteiger partial charge in [-0.05, 0) is 82.0 Å². The van der Waals surface area contributed by atoms with E-state index in [2.05, 4.69) is 54.7 Å². The van der Waals surface area contributed by atoms with Crippen LogP contribution in [0.1, 0.15) is 76.6 Å². The van der Waals surface area contributed by atoms with Gasteiger partial charge in [0.15, 0.2) is 0 Å². The molecule has 0 saturated carbocycles. The topological polar surface area (TPSA) is 86.7 Å². The highest BCUT2D eigenvalue weighted by Gasteiger charge is 2.29. The quantitative estimate of drug-likeness (QED) is 0.173. The van der Waals surface area contributed by atoms with Crippen molar-refractivity contribution in [2.24, 2.45) is 0 Å². The van der Waals surface area contributed by atoms with Gasteiger partial charge in [-0.2, -0.15) is 0 Å². The predicted molar refractivity (Wildman–Crippen MR) is 167 cm³/mol. The van der Waals surface area contributed by atoms with Crippen molar-refractivity contribution in [3.63, 3.8) is 0 Å². The third-order valence-corrected chi connectivity index (χ3v) is 7.90. The standard InChI is InChI=1S/C36H40N2O5/c1-22-13-15-29(23(2)17-22)34(27-11-9-8-10-12-27)37-32(39)19-26-14-16-30-28(18-26)20-31(42-30)35(41-21-36(5,6)40-7)33-24(3)38-43-25(33)4/h8-18,20,34-35H,19,21H2,1-7H3,(H,37,39). The number of aromatic nitrogens is 1. The van der Waals surface area contributed by atoms with Crippen LogP contribution in [0.3, 0.4) is 0 Å². The van der Waals surface area contributed by atoms with Crippen molar-refractivity contribution in [1.82, 2.24) is 10.5 Å². The van der Waals surface area contributed by atoms with E-state index in [4.69, 9.17) is 18.4 Å². The lowest BCUT2D eigenvalue weighted by Crippen LogP contribution is -2.31. The molecule has 0 aliphatic rings. The van der Waals surface area contributed by atoms with Crippen LogP contribution in [-0.2, 0) is 20.7 Å². The van der Waals surface area contributed by atoms with Crippen LogP contribution < -0.4 is 5.32 Å². The van der Waals surface area contributed by atoms with Crippen LogP contribution in [0.25, 0.3) is 11.0 Å². The molecule has 2 atom stereocenters. The SMILES string of the molecule is COC(C)(C)COC(c1cc2cc(CC(=O)NC(c3ccccc3)c3ccc(C)cc3C)ccc2o1)c1c(C)noc1C. The zero-order valence-corrected chi connectivity index (χ0v) is 26.0. The minimum Gasteiger partial charge on any atom is -0.458 e. The number of methoxy groups -OCH3 is 1. The molecule has 0 bridgehead atoms. The Bertz CT molecular complexity index is 1700. The second-order valence-corrected chi connectivity index (χ2v) is 11.9. The smallest absolute Gasteiger partial charge is 0.225 e. The van der Waals surface area contributed by atoms with E-state index in [0.717, 1.165) is 38.9 Å². The molecule has 2 heterocycles. The zero-order valence-electron chi connectivity index (χ0n) is 26.0. The summed E-state index contributed by atoms with van der Waals surface area (Å²) < 4.78 is 23.7. The maximum atomic E-state index is 13.5. The normalized spacial score (nSPS) is 13.3. The molecule has 0 spiro atoms. The molecule has 3 aromatic carbocycles. The number of aryl methyl sites for hydroxylation is 4. The van der Waals surface area contributed by atoms with Crippen LogP contribution in [0, 0.1) is 27.7 Å². The summed E-state index contributed by atoms with van der Waals surface area (Å²) in [4.78, 5) is 13.5. The number of amides is 1. The fraction of sp³-hybridized carbons (Fsp3) is 0.333. The van der Waals surface area contributed by atoms with E-state index in [1.807, 2.05) is 70.2 Å². The summed E-state index contributed by atoms with van der Waals surface area (Å²) in [6, 6.07) is 24.0. The molecule has 1 N–H and O–H groups in total. The Morgan fingerprint density at radius 2 is 1.74 bits per heavy atom. The van der Waals surface area contributed by atoms with E-state index < -0.39 is 11.7 Å². The molecular weight excluding hydrogens is 540 g/mol. The van der Waals surface area contributed by atoms with Crippen LogP contribution in [0.4, 0.5) is 0 Å². The van der Waals surface area contributed by atoms with Gasteiger partial charge in [0.2, 0.25) is 5.91 Å². The van der Waals surface area contributed by atoms with Crippen molar-refractivity contribution < 1.29 is 23.2 Å². The molecule has 0 radical (unpaired) electrons. The van der Waals surface area contributed by atoms with Crippen molar-refractivity contribution in [3.05, 3.63) is 123 Å². The minimum atomic E-state index is -0.524. The van der Waals surface area contributed by atoms with E-state index >= 15 is 0 Å². The number of nitrogens with zero attached hydrogens (tertiary/aromatic N) is 1. The van der Waals surface area contributed by atoms with Gasteiger partial charge in [0.1, 0.15) is 23.2 Å². The molecule has 0 aliphatic heterocycles. The highest BCUT2D eigenvalue weighted by atomic mass is 16.5. The van der Waals surface area contributed by atoms with Gasteiger partial charge in [-0.1, -0.05) is 65.3 Å². The van der Waals surface area contributed by atoms with Crippen molar-refractivity contribution >= 4 is 16.9 Å². The molecule has 0 fully saturated rings. The van der Waals surface area contributed by atoms with Gasteiger partial charge in [-0.25, -0.2) is 0 Å². The summed E-state index contributed by atoms with van der Waals surface area (Å²) in [6.07, 6.45) is -0.291. The first kappa shape index (κ1) is 30.3. The molecule has 0 aliphatic carbocycles. The Morgan fingerprint density at radius 1 is 0.977 bits per heavy atom. The minimum absolute atomic E-state index is 0.0596. The summed E-state index contributed by atoms with van der Waals surface area (Å²) in [5.41, 5.74) is 7.15. The second kappa shape index (κ2) is 12.6. The van der Waals surface area contributed by atoms with Gasteiger partial charge in [-0.3, -0.25) is 4.79 Å². The lowest BCUT2D eigenvalue weighted by Gasteiger charge is -2.25. The summed E-state index contributed by atoms with van der Waals surface area (Å²) >= 11 is 0. The summed E-state index contributed by atoms with van der Waals surface area (Å²) in [6.45, 7) is 12.2. The van der Waals surface area contributed by atoms with Gasteiger partial charge >= 0.3 is 0 Å². The molecule has 224 valence electrons.